The summed E-state index contributed by atoms with van der Waals surface area (Å²) in [4.78, 5) is 17.2. The highest BCUT2D eigenvalue weighted by molar-refractivity contribution is 5.79. The standard InChI is InChI=1S/C27H29N3O/c1-20-9-7-11-22(17-20)19-30-25-14-6-5-13-24(25)29-26(30)15-8-16-28-27(31)18-23-12-4-3-10-21(23)2/h3-7,9-14,17H,8,15-16,18-19H2,1-2H3,(H,28,31). The topological polar surface area (TPSA) is 46.9 Å². The molecule has 0 saturated carbocycles. The monoisotopic (exact) mass is 411 g/mol. The Morgan fingerprint density at radius 2 is 1.77 bits per heavy atom. The summed E-state index contributed by atoms with van der Waals surface area (Å²) >= 11 is 0. The van der Waals surface area contributed by atoms with Gasteiger partial charge in [0.25, 0.3) is 0 Å². The van der Waals surface area contributed by atoms with Crippen molar-refractivity contribution >= 4 is 16.9 Å². The van der Waals surface area contributed by atoms with Gasteiger partial charge in [-0.2, -0.15) is 0 Å². The number of nitrogens with one attached hydrogen (secondary N) is 1. The molecule has 1 aromatic heterocycles. The second-order valence-corrected chi connectivity index (χ2v) is 8.15. The van der Waals surface area contributed by atoms with Crippen molar-refractivity contribution in [1.29, 1.82) is 0 Å². The van der Waals surface area contributed by atoms with Crippen molar-refractivity contribution in [2.75, 3.05) is 6.54 Å². The number of imidazole rings is 1. The molecule has 158 valence electrons. The van der Waals surface area contributed by atoms with Gasteiger partial charge in [-0.25, -0.2) is 4.98 Å². The van der Waals surface area contributed by atoms with Gasteiger partial charge in [0.15, 0.2) is 0 Å². The number of rotatable bonds is 8. The van der Waals surface area contributed by atoms with Crippen LogP contribution in [0.15, 0.2) is 72.8 Å². The number of para-hydroxylation sites is 2. The molecule has 0 aliphatic carbocycles. The van der Waals surface area contributed by atoms with E-state index in [-0.39, 0.29) is 5.91 Å². The second kappa shape index (κ2) is 9.61. The zero-order chi connectivity index (χ0) is 21.6. The molecule has 0 spiro atoms. The molecule has 4 nitrogen and oxygen atoms in total. The van der Waals surface area contributed by atoms with Gasteiger partial charge in [-0.15, -0.1) is 0 Å². The van der Waals surface area contributed by atoms with Crippen LogP contribution in [0.5, 0.6) is 0 Å². The van der Waals surface area contributed by atoms with E-state index in [4.69, 9.17) is 4.98 Å². The van der Waals surface area contributed by atoms with Gasteiger partial charge in [-0.3, -0.25) is 4.79 Å². The van der Waals surface area contributed by atoms with Crippen molar-refractivity contribution in [3.05, 3.63) is 101 Å². The van der Waals surface area contributed by atoms with Crippen LogP contribution in [0.1, 0.15) is 34.5 Å². The Bertz CT molecular complexity index is 1190. The lowest BCUT2D eigenvalue weighted by Crippen LogP contribution is -2.26. The van der Waals surface area contributed by atoms with Gasteiger partial charge in [0.2, 0.25) is 5.91 Å². The number of carbonyl (C=O) groups excluding carboxylic acids is 1. The van der Waals surface area contributed by atoms with Crippen LogP contribution in [0.4, 0.5) is 0 Å². The molecule has 0 fully saturated rings. The number of hydrogen-bond acceptors (Lipinski definition) is 2. The summed E-state index contributed by atoms with van der Waals surface area (Å²) in [6.07, 6.45) is 2.11. The van der Waals surface area contributed by atoms with Crippen LogP contribution in [0, 0.1) is 13.8 Å². The molecule has 1 N–H and O–H groups in total. The SMILES string of the molecule is Cc1cccc(Cn2c(CCCNC(=O)Cc3ccccc3C)nc3ccccc32)c1. The maximum absolute atomic E-state index is 12.3. The highest BCUT2D eigenvalue weighted by Crippen LogP contribution is 2.19. The van der Waals surface area contributed by atoms with Crippen molar-refractivity contribution in [3.8, 4) is 0 Å². The molecule has 0 atom stereocenters. The third-order valence-corrected chi connectivity index (χ3v) is 5.67. The van der Waals surface area contributed by atoms with Crippen molar-refractivity contribution in [3.63, 3.8) is 0 Å². The first kappa shape index (κ1) is 20.9. The molecule has 0 saturated heterocycles. The maximum Gasteiger partial charge on any atom is 0.224 e. The summed E-state index contributed by atoms with van der Waals surface area (Å²) < 4.78 is 2.30. The van der Waals surface area contributed by atoms with Crippen LogP contribution in [-0.4, -0.2) is 22.0 Å². The first-order valence-electron chi connectivity index (χ1n) is 10.9. The summed E-state index contributed by atoms with van der Waals surface area (Å²) in [7, 11) is 0. The van der Waals surface area contributed by atoms with Crippen molar-refractivity contribution in [1.82, 2.24) is 14.9 Å². The molecule has 4 aromatic rings. The number of benzene rings is 3. The molecule has 0 radical (unpaired) electrons. The molecule has 3 aromatic carbocycles. The lowest BCUT2D eigenvalue weighted by atomic mass is 10.1. The largest absolute Gasteiger partial charge is 0.356 e. The van der Waals surface area contributed by atoms with Gasteiger partial charge < -0.3 is 9.88 Å². The number of aryl methyl sites for hydroxylation is 3. The molecule has 1 heterocycles. The fourth-order valence-electron chi connectivity index (χ4n) is 4.00. The van der Waals surface area contributed by atoms with E-state index < -0.39 is 0 Å². The minimum absolute atomic E-state index is 0.0718. The van der Waals surface area contributed by atoms with Crippen LogP contribution in [0.3, 0.4) is 0 Å². The van der Waals surface area contributed by atoms with Gasteiger partial charge in [-0.05, 0) is 49.1 Å². The number of fused-ring (bicyclic) bond motifs is 1. The first-order valence-corrected chi connectivity index (χ1v) is 10.9. The van der Waals surface area contributed by atoms with Crippen LogP contribution in [-0.2, 0) is 24.2 Å². The summed E-state index contributed by atoms with van der Waals surface area (Å²) in [5.74, 6) is 1.14. The smallest absolute Gasteiger partial charge is 0.224 e. The van der Waals surface area contributed by atoms with Crippen molar-refractivity contribution in [2.24, 2.45) is 0 Å². The number of aromatic nitrogens is 2. The zero-order valence-electron chi connectivity index (χ0n) is 18.3. The molecular weight excluding hydrogens is 382 g/mol. The number of carbonyl (C=O) groups is 1. The van der Waals surface area contributed by atoms with E-state index in [0.717, 1.165) is 47.4 Å². The predicted octanol–water partition coefficient (Wildman–Crippen LogP) is 4.99. The quantitative estimate of drug-likeness (QED) is 0.415. The minimum atomic E-state index is 0.0718. The van der Waals surface area contributed by atoms with Gasteiger partial charge in [0.1, 0.15) is 5.82 Å². The van der Waals surface area contributed by atoms with Crippen LogP contribution in [0.2, 0.25) is 0 Å². The van der Waals surface area contributed by atoms with E-state index in [2.05, 4.69) is 59.3 Å². The molecule has 4 rings (SSSR count). The lowest BCUT2D eigenvalue weighted by Gasteiger charge is -2.11. The maximum atomic E-state index is 12.3. The molecule has 0 unspecified atom stereocenters. The number of nitrogens with zero attached hydrogens (tertiary/aromatic N) is 2. The Morgan fingerprint density at radius 3 is 2.61 bits per heavy atom. The van der Waals surface area contributed by atoms with E-state index in [1.165, 1.54) is 11.1 Å². The Morgan fingerprint density at radius 1 is 0.968 bits per heavy atom. The van der Waals surface area contributed by atoms with E-state index >= 15 is 0 Å². The second-order valence-electron chi connectivity index (χ2n) is 8.15. The summed E-state index contributed by atoms with van der Waals surface area (Å²) in [5, 5.41) is 3.06. The fraction of sp³-hybridized carbons (Fsp3) is 0.259. The van der Waals surface area contributed by atoms with Gasteiger partial charge >= 0.3 is 0 Å². The van der Waals surface area contributed by atoms with Crippen LogP contribution >= 0.6 is 0 Å². The molecule has 4 heteroatoms. The Labute approximate surface area is 183 Å². The van der Waals surface area contributed by atoms with E-state index in [1.807, 2.05) is 37.3 Å². The molecule has 0 aliphatic rings. The van der Waals surface area contributed by atoms with Gasteiger partial charge in [0.05, 0.1) is 17.5 Å². The predicted molar refractivity (Wildman–Crippen MR) is 126 cm³/mol. The Kier molecular flexibility index (Phi) is 6.46. The average molecular weight is 412 g/mol. The molecule has 0 aliphatic heterocycles. The first-order chi connectivity index (χ1) is 15.1. The number of amides is 1. The highest BCUT2D eigenvalue weighted by Gasteiger charge is 2.11. The average Bonchev–Trinajstić information content (AvgIpc) is 3.10. The van der Waals surface area contributed by atoms with Gasteiger partial charge in [-0.1, -0.05) is 66.2 Å². The minimum Gasteiger partial charge on any atom is -0.356 e. The molecule has 1 amide bonds. The summed E-state index contributed by atoms with van der Waals surface area (Å²) in [5.41, 5.74) is 6.95. The van der Waals surface area contributed by atoms with E-state index in [0.29, 0.717) is 13.0 Å². The third-order valence-electron chi connectivity index (χ3n) is 5.67. The normalized spacial score (nSPS) is 11.0. The van der Waals surface area contributed by atoms with Crippen LogP contribution in [0.25, 0.3) is 11.0 Å². The van der Waals surface area contributed by atoms with Crippen molar-refractivity contribution < 1.29 is 4.79 Å². The fourth-order valence-corrected chi connectivity index (χ4v) is 4.00. The number of hydrogen-bond donors (Lipinski definition) is 1. The summed E-state index contributed by atoms with van der Waals surface area (Å²) in [6, 6.07) is 24.9. The van der Waals surface area contributed by atoms with Crippen molar-refractivity contribution in [2.45, 2.75) is 39.7 Å². The molecular formula is C27H29N3O. The van der Waals surface area contributed by atoms with E-state index in [1.54, 1.807) is 0 Å². The zero-order valence-corrected chi connectivity index (χ0v) is 18.3. The van der Waals surface area contributed by atoms with E-state index in [9.17, 15) is 4.79 Å². The van der Waals surface area contributed by atoms with Crippen LogP contribution < -0.4 is 5.32 Å². The lowest BCUT2D eigenvalue weighted by molar-refractivity contribution is -0.120. The molecule has 0 bridgehead atoms. The Balaban J connectivity index is 1.40. The highest BCUT2D eigenvalue weighted by atomic mass is 16.1. The van der Waals surface area contributed by atoms with Gasteiger partial charge in [0, 0.05) is 19.5 Å². The Hall–Kier alpha value is -3.40. The molecule has 31 heavy (non-hydrogen) atoms. The third kappa shape index (κ3) is 5.21. The summed E-state index contributed by atoms with van der Waals surface area (Å²) in [6.45, 7) is 5.62.